The van der Waals surface area contributed by atoms with Crippen LogP contribution in [0.2, 0.25) is 0 Å². The van der Waals surface area contributed by atoms with Gasteiger partial charge in [0.2, 0.25) is 0 Å². The highest BCUT2D eigenvalue weighted by atomic mass is 16.1. The van der Waals surface area contributed by atoms with E-state index in [1.54, 1.807) is 4.68 Å². The largest absolute Gasteiger partial charge is 0.356 e. The molecule has 0 bridgehead atoms. The molecular formula is C23H22N4O. The third-order valence-corrected chi connectivity index (χ3v) is 4.77. The maximum absolute atomic E-state index is 13.0. The van der Waals surface area contributed by atoms with Crippen LogP contribution in [0.3, 0.4) is 0 Å². The summed E-state index contributed by atoms with van der Waals surface area (Å²) in [5.74, 6) is 0. The molecule has 0 unspecified atom stereocenters. The van der Waals surface area contributed by atoms with E-state index in [0.717, 1.165) is 28.4 Å². The predicted octanol–water partition coefficient (Wildman–Crippen LogP) is 4.97. The third kappa shape index (κ3) is 3.42. The first-order valence-electron chi connectivity index (χ1n) is 9.16. The summed E-state index contributed by atoms with van der Waals surface area (Å²) >= 11 is 0. The summed E-state index contributed by atoms with van der Waals surface area (Å²) in [4.78, 5) is 13.0. The topological polar surface area (TPSA) is 51.0 Å². The molecule has 0 atom stereocenters. The van der Waals surface area contributed by atoms with E-state index >= 15 is 0 Å². The number of hydrogen-bond donors (Lipinski definition) is 2. The zero-order valence-corrected chi connectivity index (χ0v) is 15.9. The fourth-order valence-corrected chi connectivity index (χ4v) is 3.18. The van der Waals surface area contributed by atoms with Crippen LogP contribution in [0.25, 0.3) is 5.69 Å². The summed E-state index contributed by atoms with van der Waals surface area (Å²) in [6.07, 6.45) is 0. The van der Waals surface area contributed by atoms with E-state index in [2.05, 4.69) is 10.6 Å². The molecule has 1 aromatic heterocycles. The first kappa shape index (κ1) is 17.7. The second-order valence-electron chi connectivity index (χ2n) is 6.63. The van der Waals surface area contributed by atoms with Crippen molar-refractivity contribution in [1.29, 1.82) is 0 Å². The van der Waals surface area contributed by atoms with Gasteiger partial charge in [0.1, 0.15) is 5.69 Å². The zero-order valence-electron chi connectivity index (χ0n) is 15.9. The van der Waals surface area contributed by atoms with Crippen molar-refractivity contribution in [2.45, 2.75) is 6.92 Å². The minimum absolute atomic E-state index is 0.0716. The van der Waals surface area contributed by atoms with Gasteiger partial charge in [-0.1, -0.05) is 36.4 Å². The van der Waals surface area contributed by atoms with Gasteiger partial charge in [0.05, 0.1) is 11.4 Å². The van der Waals surface area contributed by atoms with Gasteiger partial charge in [0, 0.05) is 24.1 Å². The van der Waals surface area contributed by atoms with Gasteiger partial charge in [-0.05, 0) is 55.5 Å². The second kappa shape index (κ2) is 7.48. The molecule has 0 radical (unpaired) electrons. The Bertz CT molecular complexity index is 1130. The maximum atomic E-state index is 13.0. The van der Waals surface area contributed by atoms with E-state index in [9.17, 15) is 4.79 Å². The van der Waals surface area contributed by atoms with Crippen LogP contribution in [-0.2, 0) is 7.05 Å². The van der Waals surface area contributed by atoms with Gasteiger partial charge in [0.25, 0.3) is 5.56 Å². The van der Waals surface area contributed by atoms with E-state index in [1.165, 1.54) is 0 Å². The quantitative estimate of drug-likeness (QED) is 0.521. The molecule has 0 aliphatic rings. The first-order valence-corrected chi connectivity index (χ1v) is 9.16. The minimum atomic E-state index is -0.0716. The monoisotopic (exact) mass is 370 g/mol. The summed E-state index contributed by atoms with van der Waals surface area (Å²) in [6.45, 7) is 1.94. The zero-order chi connectivity index (χ0) is 19.5. The lowest BCUT2D eigenvalue weighted by atomic mass is 10.2. The number of aromatic nitrogens is 2. The van der Waals surface area contributed by atoms with Crippen molar-refractivity contribution in [2.75, 3.05) is 10.6 Å². The predicted molar refractivity (Wildman–Crippen MR) is 115 cm³/mol. The van der Waals surface area contributed by atoms with Gasteiger partial charge in [-0.15, -0.1) is 0 Å². The van der Waals surface area contributed by atoms with Crippen molar-refractivity contribution >= 4 is 22.7 Å². The molecule has 4 rings (SSSR count). The summed E-state index contributed by atoms with van der Waals surface area (Å²) in [5.41, 5.74) is 5.11. The molecule has 0 aliphatic carbocycles. The van der Waals surface area contributed by atoms with E-state index in [-0.39, 0.29) is 5.56 Å². The van der Waals surface area contributed by atoms with Crippen LogP contribution in [0.4, 0.5) is 22.7 Å². The van der Waals surface area contributed by atoms with Crippen LogP contribution >= 0.6 is 0 Å². The van der Waals surface area contributed by atoms with E-state index in [1.807, 2.05) is 104 Å². The van der Waals surface area contributed by atoms with Gasteiger partial charge >= 0.3 is 0 Å². The molecule has 0 saturated heterocycles. The van der Waals surface area contributed by atoms with Crippen LogP contribution in [0.1, 0.15) is 5.69 Å². The molecule has 0 aliphatic heterocycles. The van der Waals surface area contributed by atoms with Crippen molar-refractivity contribution in [2.24, 2.45) is 7.05 Å². The summed E-state index contributed by atoms with van der Waals surface area (Å²) in [7, 11) is 1.89. The second-order valence-corrected chi connectivity index (χ2v) is 6.63. The molecule has 140 valence electrons. The molecule has 4 aromatic rings. The molecule has 1 heterocycles. The van der Waals surface area contributed by atoms with Gasteiger partial charge < -0.3 is 10.6 Å². The van der Waals surface area contributed by atoms with Crippen LogP contribution < -0.4 is 16.2 Å². The van der Waals surface area contributed by atoms with Crippen molar-refractivity contribution in [3.63, 3.8) is 0 Å². The molecule has 0 amide bonds. The highest BCUT2D eigenvalue weighted by molar-refractivity contribution is 5.66. The normalized spacial score (nSPS) is 10.6. The molecular weight excluding hydrogens is 348 g/mol. The number of nitrogens with one attached hydrogen (secondary N) is 2. The average molecular weight is 370 g/mol. The fraction of sp³-hybridized carbons (Fsp3) is 0.0870. The molecule has 0 saturated carbocycles. The van der Waals surface area contributed by atoms with Crippen molar-refractivity contribution in [1.82, 2.24) is 9.36 Å². The van der Waals surface area contributed by atoms with E-state index in [0.29, 0.717) is 5.69 Å². The number of hydrogen-bond acceptors (Lipinski definition) is 3. The van der Waals surface area contributed by atoms with Crippen molar-refractivity contribution in [3.8, 4) is 5.69 Å². The van der Waals surface area contributed by atoms with Gasteiger partial charge in [0.15, 0.2) is 0 Å². The lowest BCUT2D eigenvalue weighted by Gasteiger charge is -2.09. The minimum Gasteiger partial charge on any atom is -0.356 e. The summed E-state index contributed by atoms with van der Waals surface area (Å²) < 4.78 is 3.54. The number of rotatable bonds is 5. The molecule has 3 aromatic carbocycles. The van der Waals surface area contributed by atoms with Gasteiger partial charge in [-0.2, -0.15) is 0 Å². The number of anilines is 4. The standard InChI is InChI=1S/C23H22N4O/c1-17-22(23(28)27(26(17)2)21-11-7-4-8-12-21)25-20-15-13-19(14-16-20)24-18-9-5-3-6-10-18/h3-16,24-25H,1-2H3. The Kier molecular flexibility index (Phi) is 4.72. The maximum Gasteiger partial charge on any atom is 0.295 e. The Balaban J connectivity index is 1.59. The molecule has 5 heteroatoms. The van der Waals surface area contributed by atoms with Crippen LogP contribution in [0, 0.1) is 6.92 Å². The molecule has 28 heavy (non-hydrogen) atoms. The molecule has 0 spiro atoms. The van der Waals surface area contributed by atoms with Crippen LogP contribution in [0.5, 0.6) is 0 Å². The average Bonchev–Trinajstić information content (AvgIpc) is 2.94. The van der Waals surface area contributed by atoms with Crippen molar-refractivity contribution in [3.05, 3.63) is 101 Å². The Hall–Kier alpha value is -3.73. The molecule has 5 nitrogen and oxygen atoms in total. The Morgan fingerprint density at radius 1 is 0.679 bits per heavy atom. The van der Waals surface area contributed by atoms with Gasteiger partial charge in [-0.3, -0.25) is 9.48 Å². The first-order chi connectivity index (χ1) is 13.6. The van der Waals surface area contributed by atoms with Crippen molar-refractivity contribution < 1.29 is 0 Å². The van der Waals surface area contributed by atoms with Crippen LogP contribution in [0.15, 0.2) is 89.7 Å². The molecule has 0 fully saturated rings. The lowest BCUT2D eigenvalue weighted by molar-refractivity contribution is 0.630. The Morgan fingerprint density at radius 2 is 1.18 bits per heavy atom. The van der Waals surface area contributed by atoms with E-state index in [4.69, 9.17) is 0 Å². The lowest BCUT2D eigenvalue weighted by Crippen LogP contribution is -2.20. The highest BCUT2D eigenvalue weighted by Gasteiger charge is 2.16. The SMILES string of the molecule is Cc1c(Nc2ccc(Nc3ccccc3)cc2)c(=O)n(-c2ccccc2)n1C. The highest BCUT2D eigenvalue weighted by Crippen LogP contribution is 2.22. The summed E-state index contributed by atoms with van der Waals surface area (Å²) in [5, 5.41) is 6.64. The molecule has 2 N–H and O–H groups in total. The van der Waals surface area contributed by atoms with E-state index < -0.39 is 0 Å². The third-order valence-electron chi connectivity index (χ3n) is 4.77. The number of benzene rings is 3. The number of para-hydroxylation sites is 2. The smallest absolute Gasteiger partial charge is 0.295 e. The summed E-state index contributed by atoms with van der Waals surface area (Å²) in [6, 6.07) is 27.6. The number of nitrogens with zero attached hydrogens (tertiary/aromatic N) is 2. The van der Waals surface area contributed by atoms with Crippen LogP contribution in [-0.4, -0.2) is 9.36 Å². The Labute approximate surface area is 163 Å². The Morgan fingerprint density at radius 3 is 1.79 bits per heavy atom. The van der Waals surface area contributed by atoms with Gasteiger partial charge in [-0.25, -0.2) is 4.68 Å². The fourth-order valence-electron chi connectivity index (χ4n) is 3.18.